The Labute approximate surface area is 229 Å². The van der Waals surface area contributed by atoms with E-state index in [0.717, 1.165) is 46.7 Å². The molecule has 8 nitrogen and oxygen atoms in total. The third-order valence-electron chi connectivity index (χ3n) is 6.24. The van der Waals surface area contributed by atoms with Crippen molar-refractivity contribution in [3.05, 3.63) is 53.9 Å². The molecule has 204 valence electrons. The number of ether oxygens (including phenoxy) is 1. The lowest BCUT2D eigenvalue weighted by molar-refractivity contribution is 0.109. The summed E-state index contributed by atoms with van der Waals surface area (Å²) in [6.45, 7) is 9.15. The molecule has 1 aliphatic carbocycles. The SMILES string of the molecule is CC(C)OC(=O)N[C@H]1CC[C@H](c2ncc(-c3ccc(-c4cccnc4)cc3S(=O)(=O)NC(C)(C)C)s2)CC1. The van der Waals surface area contributed by atoms with Crippen LogP contribution in [0.3, 0.4) is 0 Å². The number of alkyl carbamates (subject to hydrolysis) is 1. The largest absolute Gasteiger partial charge is 0.447 e. The fourth-order valence-corrected chi connectivity index (χ4v) is 7.48. The van der Waals surface area contributed by atoms with Gasteiger partial charge in [0, 0.05) is 47.2 Å². The van der Waals surface area contributed by atoms with Crippen LogP contribution in [0.4, 0.5) is 4.79 Å². The summed E-state index contributed by atoms with van der Waals surface area (Å²) in [5.41, 5.74) is 1.62. The average molecular weight is 557 g/mol. The van der Waals surface area contributed by atoms with Gasteiger partial charge in [0.05, 0.1) is 20.9 Å². The molecule has 0 atom stereocenters. The standard InChI is InChI=1S/C28H36N4O4S2/c1-18(2)36-27(33)31-22-11-8-19(9-12-22)26-30-17-24(37-26)23-13-10-20(21-7-6-14-29-16-21)15-25(23)38(34,35)32-28(3,4)5/h6-7,10,13-19,22,32H,8-9,11-12H2,1-5H3,(H,31,33)/t19-,22-. The molecule has 2 aromatic heterocycles. The van der Waals surface area contributed by atoms with E-state index in [0.29, 0.717) is 5.56 Å². The zero-order valence-corrected chi connectivity index (χ0v) is 24.2. The first-order chi connectivity index (χ1) is 17.9. The lowest BCUT2D eigenvalue weighted by atomic mass is 9.86. The maximum atomic E-state index is 13.5. The minimum Gasteiger partial charge on any atom is -0.447 e. The highest BCUT2D eigenvalue weighted by Gasteiger charge is 2.29. The van der Waals surface area contributed by atoms with Crippen molar-refractivity contribution >= 4 is 27.5 Å². The first-order valence-corrected chi connectivity index (χ1v) is 15.2. The molecule has 0 unspecified atom stereocenters. The van der Waals surface area contributed by atoms with Crippen LogP contribution in [-0.2, 0) is 14.8 Å². The lowest BCUT2D eigenvalue weighted by Crippen LogP contribution is -2.40. The van der Waals surface area contributed by atoms with Gasteiger partial charge in [0.2, 0.25) is 10.0 Å². The van der Waals surface area contributed by atoms with E-state index < -0.39 is 15.6 Å². The predicted molar refractivity (Wildman–Crippen MR) is 151 cm³/mol. The molecule has 2 N–H and O–H groups in total. The predicted octanol–water partition coefficient (Wildman–Crippen LogP) is 6.11. The van der Waals surface area contributed by atoms with Crippen molar-refractivity contribution in [2.45, 2.75) is 88.8 Å². The number of amides is 1. The Morgan fingerprint density at radius 3 is 2.45 bits per heavy atom. The second kappa shape index (κ2) is 11.5. The van der Waals surface area contributed by atoms with E-state index in [2.05, 4.69) is 15.0 Å². The van der Waals surface area contributed by atoms with E-state index >= 15 is 0 Å². The number of thiazole rings is 1. The van der Waals surface area contributed by atoms with Crippen LogP contribution >= 0.6 is 11.3 Å². The number of hydrogen-bond acceptors (Lipinski definition) is 7. The normalized spacial score (nSPS) is 18.4. The molecular formula is C28H36N4O4S2. The van der Waals surface area contributed by atoms with E-state index in [1.807, 2.05) is 58.9 Å². The Balaban J connectivity index is 1.58. The minimum atomic E-state index is -3.81. The molecule has 0 saturated heterocycles. The summed E-state index contributed by atoms with van der Waals surface area (Å²) in [4.78, 5) is 21.9. The maximum Gasteiger partial charge on any atom is 0.407 e. The summed E-state index contributed by atoms with van der Waals surface area (Å²) in [5.74, 6) is 0.273. The summed E-state index contributed by atoms with van der Waals surface area (Å²) in [7, 11) is -3.81. The molecule has 0 radical (unpaired) electrons. The summed E-state index contributed by atoms with van der Waals surface area (Å²) < 4.78 is 35.1. The van der Waals surface area contributed by atoms with Crippen molar-refractivity contribution in [1.82, 2.24) is 20.0 Å². The number of nitrogens with zero attached hydrogens (tertiary/aromatic N) is 2. The third kappa shape index (κ3) is 7.18. The topological polar surface area (TPSA) is 110 Å². The van der Waals surface area contributed by atoms with Gasteiger partial charge in [-0.3, -0.25) is 4.98 Å². The van der Waals surface area contributed by atoms with Gasteiger partial charge in [-0.25, -0.2) is 22.9 Å². The molecule has 4 rings (SSSR count). The molecule has 38 heavy (non-hydrogen) atoms. The number of pyridine rings is 1. The highest BCUT2D eigenvalue weighted by molar-refractivity contribution is 7.89. The van der Waals surface area contributed by atoms with E-state index in [1.54, 1.807) is 24.7 Å². The fourth-order valence-electron chi connectivity index (χ4n) is 4.62. The number of sulfonamides is 1. The van der Waals surface area contributed by atoms with Gasteiger partial charge in [0.15, 0.2) is 0 Å². The van der Waals surface area contributed by atoms with Crippen LogP contribution in [0.15, 0.2) is 53.8 Å². The molecule has 0 aliphatic heterocycles. The highest BCUT2D eigenvalue weighted by atomic mass is 32.2. The van der Waals surface area contributed by atoms with Gasteiger partial charge in [0.25, 0.3) is 0 Å². The van der Waals surface area contributed by atoms with E-state index in [1.165, 1.54) is 11.3 Å². The molecule has 0 spiro atoms. The van der Waals surface area contributed by atoms with Crippen molar-refractivity contribution in [3.8, 4) is 21.6 Å². The first-order valence-electron chi connectivity index (χ1n) is 12.9. The number of benzene rings is 1. The van der Waals surface area contributed by atoms with Crippen molar-refractivity contribution < 1.29 is 17.9 Å². The third-order valence-corrected chi connectivity index (χ3v) is 9.23. The van der Waals surface area contributed by atoms with Crippen LogP contribution in [0.25, 0.3) is 21.6 Å². The van der Waals surface area contributed by atoms with Crippen molar-refractivity contribution in [2.24, 2.45) is 0 Å². The first kappa shape index (κ1) is 28.2. The van der Waals surface area contributed by atoms with E-state index in [-0.39, 0.29) is 29.1 Å². The average Bonchev–Trinajstić information content (AvgIpc) is 3.33. The Kier molecular flexibility index (Phi) is 8.54. The van der Waals surface area contributed by atoms with Gasteiger partial charge in [-0.1, -0.05) is 18.2 Å². The second-order valence-electron chi connectivity index (χ2n) is 11.0. The maximum absolute atomic E-state index is 13.5. The molecule has 3 aromatic rings. The summed E-state index contributed by atoms with van der Waals surface area (Å²) in [5, 5.41) is 3.95. The molecule has 1 saturated carbocycles. The van der Waals surface area contributed by atoms with Crippen LogP contribution in [0.1, 0.15) is 71.2 Å². The van der Waals surface area contributed by atoms with Crippen LogP contribution in [0.5, 0.6) is 0 Å². The molecule has 1 aliphatic rings. The van der Waals surface area contributed by atoms with Crippen molar-refractivity contribution in [3.63, 3.8) is 0 Å². The Morgan fingerprint density at radius 1 is 1.08 bits per heavy atom. The van der Waals surface area contributed by atoms with Gasteiger partial charge in [0.1, 0.15) is 0 Å². The molecule has 2 heterocycles. The molecule has 1 fully saturated rings. The Morgan fingerprint density at radius 2 is 1.82 bits per heavy atom. The van der Waals surface area contributed by atoms with Gasteiger partial charge in [-0.05, 0) is 78.0 Å². The zero-order chi connectivity index (χ0) is 27.5. The van der Waals surface area contributed by atoms with Crippen LogP contribution in [0.2, 0.25) is 0 Å². The lowest BCUT2D eigenvalue weighted by Gasteiger charge is -2.28. The van der Waals surface area contributed by atoms with Crippen LogP contribution in [0, 0.1) is 0 Å². The number of hydrogen-bond donors (Lipinski definition) is 2. The quantitative estimate of drug-likeness (QED) is 0.363. The van der Waals surface area contributed by atoms with E-state index in [9.17, 15) is 13.2 Å². The minimum absolute atomic E-state index is 0.0946. The smallest absolute Gasteiger partial charge is 0.407 e. The molecule has 10 heteroatoms. The molecule has 0 bridgehead atoms. The molecule has 1 amide bonds. The van der Waals surface area contributed by atoms with Gasteiger partial charge < -0.3 is 10.1 Å². The summed E-state index contributed by atoms with van der Waals surface area (Å²) in [6.07, 6.45) is 8.17. The highest BCUT2D eigenvalue weighted by Crippen LogP contribution is 2.40. The zero-order valence-electron chi connectivity index (χ0n) is 22.5. The van der Waals surface area contributed by atoms with Crippen molar-refractivity contribution in [1.29, 1.82) is 0 Å². The van der Waals surface area contributed by atoms with Gasteiger partial charge in [-0.2, -0.15) is 0 Å². The van der Waals surface area contributed by atoms with Gasteiger partial charge in [-0.15, -0.1) is 11.3 Å². The molecular weight excluding hydrogens is 520 g/mol. The summed E-state index contributed by atoms with van der Waals surface area (Å²) >= 11 is 1.54. The van der Waals surface area contributed by atoms with Crippen molar-refractivity contribution in [2.75, 3.05) is 0 Å². The van der Waals surface area contributed by atoms with E-state index in [4.69, 9.17) is 9.72 Å². The number of carbonyl (C=O) groups is 1. The molecule has 1 aromatic carbocycles. The van der Waals surface area contributed by atoms with Crippen LogP contribution in [-0.4, -0.2) is 42.2 Å². The Bertz CT molecular complexity index is 1360. The second-order valence-corrected chi connectivity index (χ2v) is 13.7. The van der Waals surface area contributed by atoms with Gasteiger partial charge >= 0.3 is 6.09 Å². The number of aromatic nitrogens is 2. The monoisotopic (exact) mass is 556 g/mol. The number of rotatable bonds is 7. The summed E-state index contributed by atoms with van der Waals surface area (Å²) in [6, 6.07) is 9.34. The van der Waals surface area contributed by atoms with Crippen LogP contribution < -0.4 is 10.0 Å². The Hall–Kier alpha value is -2.82. The fraction of sp³-hybridized carbons (Fsp3) is 0.464. The number of nitrogens with one attached hydrogen (secondary N) is 2. The number of carbonyl (C=O) groups excluding carboxylic acids is 1.